The molecule has 2 saturated heterocycles. The molecule has 1 aromatic rings. The van der Waals surface area contributed by atoms with E-state index in [1.54, 1.807) is 0 Å². The fourth-order valence-electron chi connectivity index (χ4n) is 3.72. The lowest BCUT2D eigenvalue weighted by Gasteiger charge is -2.45. The molecule has 0 radical (unpaired) electrons. The highest BCUT2D eigenvalue weighted by molar-refractivity contribution is 5.16. The normalized spacial score (nSPS) is 30.9. The average molecular weight is 288 g/mol. The van der Waals surface area contributed by atoms with Gasteiger partial charge in [-0.2, -0.15) is 0 Å². The smallest absolute Gasteiger partial charge is 0.0622 e. The van der Waals surface area contributed by atoms with Crippen molar-refractivity contribution in [3.05, 3.63) is 35.9 Å². The molecule has 21 heavy (non-hydrogen) atoms. The molecular weight excluding hydrogens is 260 g/mol. The molecule has 116 valence electrons. The SMILES string of the molecule is CC(C)C1CNC(Cc2ccccc2)CN1C1CCOC1. The van der Waals surface area contributed by atoms with Gasteiger partial charge in [-0.1, -0.05) is 44.2 Å². The Morgan fingerprint density at radius 2 is 2.10 bits per heavy atom. The molecule has 0 saturated carbocycles. The molecule has 3 nitrogen and oxygen atoms in total. The highest BCUT2D eigenvalue weighted by Crippen LogP contribution is 2.23. The Balaban J connectivity index is 1.66. The molecule has 2 heterocycles. The first-order chi connectivity index (χ1) is 10.2. The van der Waals surface area contributed by atoms with Crippen LogP contribution < -0.4 is 5.32 Å². The Hall–Kier alpha value is -0.900. The topological polar surface area (TPSA) is 24.5 Å². The van der Waals surface area contributed by atoms with E-state index in [1.165, 1.54) is 12.0 Å². The minimum absolute atomic E-state index is 0.558. The Morgan fingerprint density at radius 3 is 2.76 bits per heavy atom. The van der Waals surface area contributed by atoms with Gasteiger partial charge in [0.05, 0.1) is 6.61 Å². The summed E-state index contributed by atoms with van der Waals surface area (Å²) in [5.41, 5.74) is 1.43. The summed E-state index contributed by atoms with van der Waals surface area (Å²) in [6.07, 6.45) is 2.32. The van der Waals surface area contributed by atoms with Crippen molar-refractivity contribution in [2.24, 2.45) is 5.92 Å². The fourth-order valence-corrected chi connectivity index (χ4v) is 3.72. The van der Waals surface area contributed by atoms with Crippen LogP contribution in [0.1, 0.15) is 25.8 Å². The van der Waals surface area contributed by atoms with Crippen molar-refractivity contribution < 1.29 is 4.74 Å². The Kier molecular flexibility index (Phi) is 4.94. The highest BCUT2D eigenvalue weighted by atomic mass is 16.5. The number of benzene rings is 1. The Labute approximate surface area is 128 Å². The predicted molar refractivity (Wildman–Crippen MR) is 86.5 cm³/mol. The van der Waals surface area contributed by atoms with Crippen LogP contribution in [0.4, 0.5) is 0 Å². The molecule has 3 rings (SSSR count). The summed E-state index contributed by atoms with van der Waals surface area (Å²) in [5.74, 6) is 0.691. The summed E-state index contributed by atoms with van der Waals surface area (Å²) in [7, 11) is 0. The first kappa shape index (κ1) is 15.0. The summed E-state index contributed by atoms with van der Waals surface area (Å²) in [6.45, 7) is 8.78. The van der Waals surface area contributed by atoms with Gasteiger partial charge in [0.25, 0.3) is 0 Å². The monoisotopic (exact) mass is 288 g/mol. The highest BCUT2D eigenvalue weighted by Gasteiger charge is 2.35. The van der Waals surface area contributed by atoms with Crippen molar-refractivity contribution in [3.8, 4) is 0 Å². The number of ether oxygens (including phenoxy) is 1. The van der Waals surface area contributed by atoms with Crippen LogP contribution in [0.3, 0.4) is 0 Å². The number of nitrogens with zero attached hydrogens (tertiary/aromatic N) is 1. The zero-order chi connectivity index (χ0) is 14.7. The van der Waals surface area contributed by atoms with Crippen molar-refractivity contribution in [2.75, 3.05) is 26.3 Å². The molecule has 1 N–H and O–H groups in total. The molecule has 2 aliphatic heterocycles. The summed E-state index contributed by atoms with van der Waals surface area (Å²) in [6, 6.07) is 12.7. The van der Waals surface area contributed by atoms with Crippen molar-refractivity contribution in [1.29, 1.82) is 0 Å². The van der Waals surface area contributed by atoms with Crippen LogP contribution in [-0.2, 0) is 11.2 Å². The standard InChI is InChI=1S/C18H28N2O/c1-14(2)18-11-19-16(10-15-6-4-3-5-7-15)12-20(18)17-8-9-21-13-17/h3-7,14,16-19H,8-13H2,1-2H3. The van der Waals surface area contributed by atoms with Crippen molar-refractivity contribution in [3.63, 3.8) is 0 Å². The minimum atomic E-state index is 0.558. The number of piperazine rings is 1. The molecule has 3 atom stereocenters. The third-order valence-corrected chi connectivity index (χ3v) is 4.94. The largest absolute Gasteiger partial charge is 0.380 e. The molecule has 0 bridgehead atoms. The lowest BCUT2D eigenvalue weighted by atomic mass is 9.94. The summed E-state index contributed by atoms with van der Waals surface area (Å²) in [4.78, 5) is 2.72. The van der Waals surface area contributed by atoms with Crippen LogP contribution in [0.25, 0.3) is 0 Å². The first-order valence-electron chi connectivity index (χ1n) is 8.35. The number of rotatable bonds is 4. The summed E-state index contributed by atoms with van der Waals surface area (Å²) in [5, 5.41) is 3.77. The number of nitrogens with one attached hydrogen (secondary N) is 1. The first-order valence-corrected chi connectivity index (χ1v) is 8.35. The van der Waals surface area contributed by atoms with Crippen molar-refractivity contribution in [2.45, 2.75) is 44.8 Å². The van der Waals surface area contributed by atoms with E-state index in [0.717, 1.165) is 32.7 Å². The second-order valence-corrected chi connectivity index (χ2v) is 6.82. The molecular formula is C18H28N2O. The van der Waals surface area contributed by atoms with Gasteiger partial charge in [-0.05, 0) is 24.3 Å². The second-order valence-electron chi connectivity index (χ2n) is 6.82. The summed E-state index contributed by atoms with van der Waals surface area (Å²) < 4.78 is 5.63. The maximum absolute atomic E-state index is 5.63. The van der Waals surface area contributed by atoms with E-state index in [-0.39, 0.29) is 0 Å². The van der Waals surface area contributed by atoms with Gasteiger partial charge in [-0.25, -0.2) is 0 Å². The molecule has 2 aliphatic rings. The van der Waals surface area contributed by atoms with E-state index in [0.29, 0.717) is 24.0 Å². The van der Waals surface area contributed by atoms with Crippen LogP contribution in [0.2, 0.25) is 0 Å². The molecule has 3 unspecified atom stereocenters. The van der Waals surface area contributed by atoms with Gasteiger partial charge >= 0.3 is 0 Å². The van der Waals surface area contributed by atoms with Crippen LogP contribution in [-0.4, -0.2) is 49.3 Å². The van der Waals surface area contributed by atoms with Gasteiger partial charge in [0.1, 0.15) is 0 Å². The van der Waals surface area contributed by atoms with Gasteiger partial charge in [0.15, 0.2) is 0 Å². The van der Waals surface area contributed by atoms with E-state index in [2.05, 4.69) is 54.4 Å². The lowest BCUT2D eigenvalue weighted by molar-refractivity contribution is 0.0481. The van der Waals surface area contributed by atoms with Crippen LogP contribution in [0.15, 0.2) is 30.3 Å². The molecule has 2 fully saturated rings. The predicted octanol–water partition coefficient (Wildman–Crippen LogP) is 2.32. The molecule has 0 spiro atoms. The molecule has 0 aromatic heterocycles. The summed E-state index contributed by atoms with van der Waals surface area (Å²) >= 11 is 0. The molecule has 3 heteroatoms. The van der Waals surface area contributed by atoms with Crippen LogP contribution >= 0.6 is 0 Å². The minimum Gasteiger partial charge on any atom is -0.380 e. The van der Waals surface area contributed by atoms with Crippen molar-refractivity contribution in [1.82, 2.24) is 10.2 Å². The van der Waals surface area contributed by atoms with E-state index < -0.39 is 0 Å². The van der Waals surface area contributed by atoms with Crippen LogP contribution in [0.5, 0.6) is 0 Å². The maximum Gasteiger partial charge on any atom is 0.0622 e. The van der Waals surface area contributed by atoms with Gasteiger partial charge in [-0.3, -0.25) is 4.90 Å². The Bertz CT molecular complexity index is 428. The average Bonchev–Trinajstić information content (AvgIpc) is 3.02. The zero-order valence-corrected chi connectivity index (χ0v) is 13.3. The van der Waals surface area contributed by atoms with Gasteiger partial charge in [0.2, 0.25) is 0 Å². The van der Waals surface area contributed by atoms with E-state index >= 15 is 0 Å². The third kappa shape index (κ3) is 3.65. The second kappa shape index (κ2) is 6.91. The molecule has 0 amide bonds. The molecule has 1 aromatic carbocycles. The third-order valence-electron chi connectivity index (χ3n) is 4.94. The number of hydrogen-bond donors (Lipinski definition) is 1. The van der Waals surface area contributed by atoms with Gasteiger partial charge in [-0.15, -0.1) is 0 Å². The quantitative estimate of drug-likeness (QED) is 0.920. The van der Waals surface area contributed by atoms with Gasteiger partial charge in [0, 0.05) is 37.8 Å². The van der Waals surface area contributed by atoms with Crippen molar-refractivity contribution >= 4 is 0 Å². The van der Waals surface area contributed by atoms with Crippen LogP contribution in [0, 0.1) is 5.92 Å². The number of hydrogen-bond acceptors (Lipinski definition) is 3. The fraction of sp³-hybridized carbons (Fsp3) is 0.667. The maximum atomic E-state index is 5.63. The van der Waals surface area contributed by atoms with E-state index in [1.807, 2.05) is 0 Å². The lowest BCUT2D eigenvalue weighted by Crippen LogP contribution is -2.61. The van der Waals surface area contributed by atoms with E-state index in [4.69, 9.17) is 4.74 Å². The Morgan fingerprint density at radius 1 is 1.29 bits per heavy atom. The molecule has 0 aliphatic carbocycles. The zero-order valence-electron chi connectivity index (χ0n) is 13.3. The van der Waals surface area contributed by atoms with Gasteiger partial charge < -0.3 is 10.1 Å². The van der Waals surface area contributed by atoms with E-state index in [9.17, 15) is 0 Å².